The molecule has 1 spiro atoms. The lowest BCUT2D eigenvalue weighted by Gasteiger charge is -2.41. The second kappa shape index (κ2) is 8.03. The van der Waals surface area contributed by atoms with Gasteiger partial charge in [-0.05, 0) is 25.8 Å². The standard InChI is InChI=1S/C21H24F3N7OS/c1-12-17(26)20(11-32-12)2-5-30(6-3-20)19-29-10-15(18-27-4-7-31(18)19)33-14-8-16(25)28-9-13(14)21(22,23)24/h4,7-10,12,17H,2-3,5-6,11,26H2,1H3,(H2,25,28)/t12-,17+/m0/s1. The van der Waals surface area contributed by atoms with Crippen molar-refractivity contribution in [2.24, 2.45) is 11.1 Å². The Morgan fingerprint density at radius 1 is 1.15 bits per heavy atom. The second-order valence-electron chi connectivity index (χ2n) is 8.64. The third-order valence-corrected chi connectivity index (χ3v) is 7.74. The maximum absolute atomic E-state index is 13.5. The van der Waals surface area contributed by atoms with Crippen LogP contribution in [0, 0.1) is 5.41 Å². The lowest BCUT2D eigenvalue weighted by atomic mass is 9.73. The molecular formula is C21H24F3N7OS. The first-order chi connectivity index (χ1) is 15.7. The molecule has 2 fully saturated rings. The number of hydrogen-bond donors (Lipinski definition) is 2. The van der Waals surface area contributed by atoms with Crippen molar-refractivity contribution < 1.29 is 17.9 Å². The zero-order valence-electron chi connectivity index (χ0n) is 17.9. The Bertz CT molecular complexity index is 1180. The number of nitrogens with zero attached hydrogens (tertiary/aromatic N) is 5. The summed E-state index contributed by atoms with van der Waals surface area (Å²) in [5.41, 5.74) is 11.7. The number of alkyl halides is 3. The van der Waals surface area contributed by atoms with Gasteiger partial charge in [0, 0.05) is 54.2 Å². The third kappa shape index (κ3) is 3.89. The van der Waals surface area contributed by atoms with Gasteiger partial charge >= 0.3 is 6.18 Å². The van der Waals surface area contributed by atoms with Crippen molar-refractivity contribution in [3.8, 4) is 0 Å². The number of halogens is 3. The minimum absolute atomic E-state index is 0.00951. The van der Waals surface area contributed by atoms with E-state index in [1.165, 1.54) is 6.07 Å². The number of imidazole rings is 1. The molecule has 2 aliphatic rings. The van der Waals surface area contributed by atoms with Crippen molar-refractivity contribution in [3.63, 3.8) is 0 Å². The van der Waals surface area contributed by atoms with Crippen molar-refractivity contribution in [2.45, 2.75) is 47.9 Å². The van der Waals surface area contributed by atoms with Crippen LogP contribution in [0.5, 0.6) is 0 Å². The Balaban J connectivity index is 1.42. The molecule has 0 amide bonds. The lowest BCUT2D eigenvalue weighted by Crippen LogP contribution is -2.51. The highest BCUT2D eigenvalue weighted by Crippen LogP contribution is 2.43. The number of nitrogens with two attached hydrogens (primary N) is 2. The van der Waals surface area contributed by atoms with Gasteiger partial charge in [0.25, 0.3) is 0 Å². The van der Waals surface area contributed by atoms with Gasteiger partial charge in [-0.2, -0.15) is 13.2 Å². The highest BCUT2D eigenvalue weighted by atomic mass is 32.2. The minimum atomic E-state index is -4.55. The third-order valence-electron chi connectivity index (χ3n) is 6.67. The van der Waals surface area contributed by atoms with Gasteiger partial charge in [-0.25, -0.2) is 15.0 Å². The summed E-state index contributed by atoms with van der Waals surface area (Å²) < 4.78 is 48.0. The molecule has 2 atom stereocenters. The smallest absolute Gasteiger partial charge is 0.384 e. The molecule has 176 valence electrons. The van der Waals surface area contributed by atoms with Crippen molar-refractivity contribution in [1.29, 1.82) is 0 Å². The summed E-state index contributed by atoms with van der Waals surface area (Å²) in [7, 11) is 0. The predicted molar refractivity (Wildman–Crippen MR) is 118 cm³/mol. The van der Waals surface area contributed by atoms with Crippen LogP contribution in [-0.2, 0) is 10.9 Å². The molecule has 2 saturated heterocycles. The summed E-state index contributed by atoms with van der Waals surface area (Å²) in [6, 6.07) is 1.23. The zero-order valence-corrected chi connectivity index (χ0v) is 18.7. The molecule has 3 aromatic rings. The summed E-state index contributed by atoms with van der Waals surface area (Å²) in [4.78, 5) is 15.2. The van der Waals surface area contributed by atoms with Crippen molar-refractivity contribution in [1.82, 2.24) is 19.4 Å². The second-order valence-corrected chi connectivity index (χ2v) is 9.72. The minimum Gasteiger partial charge on any atom is -0.384 e. The molecule has 0 bridgehead atoms. The van der Waals surface area contributed by atoms with E-state index in [0.29, 0.717) is 23.1 Å². The molecule has 0 aliphatic carbocycles. The van der Waals surface area contributed by atoms with Gasteiger partial charge in [-0.15, -0.1) is 0 Å². The summed E-state index contributed by atoms with van der Waals surface area (Å²) in [5, 5.41) is 0. The van der Waals surface area contributed by atoms with E-state index in [2.05, 4.69) is 19.9 Å². The SMILES string of the molecule is C[C@@H]1OCC2(CCN(c3ncc(Sc4cc(N)ncc4C(F)(F)F)c4nccn34)CC2)[C@@H]1N. The Hall–Kier alpha value is -2.57. The first-order valence-electron chi connectivity index (χ1n) is 10.6. The van der Waals surface area contributed by atoms with Crippen LogP contribution < -0.4 is 16.4 Å². The van der Waals surface area contributed by atoms with Crippen LogP contribution >= 0.6 is 11.8 Å². The fourth-order valence-electron chi connectivity index (χ4n) is 4.68. The van der Waals surface area contributed by atoms with E-state index >= 15 is 0 Å². The largest absolute Gasteiger partial charge is 0.418 e. The Labute approximate surface area is 192 Å². The number of anilines is 2. The number of nitrogen functional groups attached to an aromatic ring is 1. The molecule has 5 rings (SSSR count). The van der Waals surface area contributed by atoms with Gasteiger partial charge in [0.15, 0.2) is 5.65 Å². The molecule has 0 aromatic carbocycles. The molecule has 0 radical (unpaired) electrons. The average Bonchev–Trinajstić information content (AvgIpc) is 3.36. The van der Waals surface area contributed by atoms with Crippen LogP contribution in [0.4, 0.5) is 24.9 Å². The molecule has 2 aliphatic heterocycles. The lowest BCUT2D eigenvalue weighted by molar-refractivity contribution is -0.140. The van der Waals surface area contributed by atoms with Crippen molar-refractivity contribution in [2.75, 3.05) is 30.3 Å². The van der Waals surface area contributed by atoms with E-state index in [0.717, 1.165) is 43.9 Å². The fraction of sp³-hybridized carbons (Fsp3) is 0.476. The number of fused-ring (bicyclic) bond motifs is 1. The van der Waals surface area contributed by atoms with E-state index in [9.17, 15) is 13.2 Å². The summed E-state index contributed by atoms with van der Waals surface area (Å²) in [6.45, 7) is 4.20. The van der Waals surface area contributed by atoms with Gasteiger partial charge in [-0.1, -0.05) is 11.8 Å². The monoisotopic (exact) mass is 479 g/mol. The highest BCUT2D eigenvalue weighted by molar-refractivity contribution is 7.99. The summed E-state index contributed by atoms with van der Waals surface area (Å²) >= 11 is 0.923. The van der Waals surface area contributed by atoms with Gasteiger partial charge in [0.2, 0.25) is 5.95 Å². The first kappa shape index (κ1) is 22.2. The van der Waals surface area contributed by atoms with Gasteiger partial charge in [0.05, 0.1) is 23.2 Å². The Morgan fingerprint density at radius 2 is 1.91 bits per heavy atom. The maximum atomic E-state index is 13.5. The number of ether oxygens (including phenoxy) is 1. The summed E-state index contributed by atoms with van der Waals surface area (Å²) in [6.07, 6.45) is 2.98. The number of piperidine rings is 1. The van der Waals surface area contributed by atoms with E-state index in [1.807, 2.05) is 11.3 Å². The van der Waals surface area contributed by atoms with E-state index in [4.69, 9.17) is 16.2 Å². The molecule has 8 nitrogen and oxygen atoms in total. The van der Waals surface area contributed by atoms with E-state index in [-0.39, 0.29) is 28.3 Å². The molecule has 33 heavy (non-hydrogen) atoms. The quantitative estimate of drug-likeness (QED) is 0.590. The number of hydrogen-bond acceptors (Lipinski definition) is 8. The van der Waals surface area contributed by atoms with Gasteiger partial charge in [0.1, 0.15) is 5.82 Å². The summed E-state index contributed by atoms with van der Waals surface area (Å²) in [5.74, 6) is 0.715. The molecule has 0 unspecified atom stereocenters. The molecule has 12 heteroatoms. The van der Waals surface area contributed by atoms with Gasteiger partial charge < -0.3 is 21.1 Å². The Morgan fingerprint density at radius 3 is 2.58 bits per heavy atom. The van der Waals surface area contributed by atoms with E-state index in [1.54, 1.807) is 18.6 Å². The predicted octanol–water partition coefficient (Wildman–Crippen LogP) is 3.21. The number of pyridine rings is 1. The van der Waals surface area contributed by atoms with Crippen LogP contribution in [0.25, 0.3) is 5.65 Å². The van der Waals surface area contributed by atoms with Crippen molar-refractivity contribution >= 4 is 29.2 Å². The number of rotatable bonds is 3. The Kier molecular flexibility index (Phi) is 5.41. The molecular weight excluding hydrogens is 455 g/mol. The van der Waals surface area contributed by atoms with E-state index < -0.39 is 11.7 Å². The van der Waals surface area contributed by atoms with Crippen LogP contribution in [0.15, 0.2) is 40.6 Å². The topological polar surface area (TPSA) is 108 Å². The molecule has 0 saturated carbocycles. The van der Waals surface area contributed by atoms with Gasteiger partial charge in [-0.3, -0.25) is 4.40 Å². The zero-order chi connectivity index (χ0) is 23.4. The normalized spacial score (nSPS) is 23.0. The maximum Gasteiger partial charge on any atom is 0.418 e. The van der Waals surface area contributed by atoms with Crippen molar-refractivity contribution in [3.05, 3.63) is 36.4 Å². The molecule has 4 N–H and O–H groups in total. The van der Waals surface area contributed by atoms with Crippen LogP contribution in [0.2, 0.25) is 0 Å². The fourth-order valence-corrected chi connectivity index (χ4v) is 5.72. The highest BCUT2D eigenvalue weighted by Gasteiger charge is 2.47. The van der Waals surface area contributed by atoms with Crippen LogP contribution in [-0.4, -0.2) is 51.2 Å². The first-order valence-corrected chi connectivity index (χ1v) is 11.4. The van der Waals surface area contributed by atoms with Crippen LogP contribution in [0.3, 0.4) is 0 Å². The molecule has 5 heterocycles. The number of aromatic nitrogens is 4. The average molecular weight is 480 g/mol. The molecule has 3 aromatic heterocycles. The van der Waals surface area contributed by atoms with Crippen LogP contribution in [0.1, 0.15) is 25.3 Å².